The molecular formula is C14H15NO2S. The molecule has 0 fully saturated rings. The van der Waals surface area contributed by atoms with Crippen LogP contribution in [-0.4, -0.2) is 12.9 Å². The van der Waals surface area contributed by atoms with Gasteiger partial charge in [0.05, 0.1) is 13.2 Å². The third-order valence-electron chi connectivity index (χ3n) is 2.63. The van der Waals surface area contributed by atoms with Crippen molar-refractivity contribution in [1.29, 1.82) is 0 Å². The Morgan fingerprint density at radius 1 is 1.28 bits per heavy atom. The Hall–Kier alpha value is -1.49. The molecule has 1 atom stereocenters. The van der Waals surface area contributed by atoms with Crippen molar-refractivity contribution in [1.82, 2.24) is 5.48 Å². The van der Waals surface area contributed by atoms with Crippen LogP contribution in [0.15, 0.2) is 47.8 Å². The highest BCUT2D eigenvalue weighted by Crippen LogP contribution is 2.23. The van der Waals surface area contributed by atoms with Gasteiger partial charge in [0.1, 0.15) is 0 Å². The zero-order chi connectivity index (χ0) is 12.8. The average molecular weight is 261 g/mol. The van der Waals surface area contributed by atoms with Gasteiger partial charge in [0.2, 0.25) is 0 Å². The second-order valence-electron chi connectivity index (χ2n) is 3.88. The van der Waals surface area contributed by atoms with Gasteiger partial charge in [-0.05, 0) is 11.4 Å². The highest BCUT2D eigenvalue weighted by Gasteiger charge is 2.17. The molecule has 0 amide bonds. The first kappa shape index (κ1) is 13.0. The molecule has 0 aliphatic carbocycles. The van der Waals surface area contributed by atoms with Crippen LogP contribution in [0.25, 0.3) is 0 Å². The van der Waals surface area contributed by atoms with E-state index in [4.69, 9.17) is 4.84 Å². The topological polar surface area (TPSA) is 38.3 Å². The van der Waals surface area contributed by atoms with E-state index in [2.05, 4.69) is 5.48 Å². The first-order valence-corrected chi connectivity index (χ1v) is 6.59. The summed E-state index contributed by atoms with van der Waals surface area (Å²) in [5, 5.41) is 1.99. The van der Waals surface area contributed by atoms with E-state index in [9.17, 15) is 4.79 Å². The van der Waals surface area contributed by atoms with Crippen LogP contribution < -0.4 is 5.48 Å². The number of nitrogens with one attached hydrogen (secondary N) is 1. The van der Waals surface area contributed by atoms with Crippen molar-refractivity contribution >= 4 is 17.1 Å². The number of hydroxylamine groups is 1. The zero-order valence-corrected chi connectivity index (χ0v) is 10.9. The zero-order valence-electron chi connectivity index (χ0n) is 10.1. The number of Topliss-reactive ketones (excluding diaryl/α,β-unsaturated/α-hetero) is 1. The van der Waals surface area contributed by atoms with Gasteiger partial charge >= 0.3 is 0 Å². The van der Waals surface area contributed by atoms with E-state index in [0.29, 0.717) is 6.42 Å². The van der Waals surface area contributed by atoms with Crippen LogP contribution in [-0.2, 0) is 4.84 Å². The fraction of sp³-hybridized carbons (Fsp3) is 0.214. The molecule has 0 aliphatic rings. The maximum atomic E-state index is 12.1. The van der Waals surface area contributed by atoms with Crippen LogP contribution >= 0.6 is 11.3 Å². The Balaban J connectivity index is 2.08. The molecule has 0 spiro atoms. The van der Waals surface area contributed by atoms with Crippen molar-refractivity contribution in [2.24, 2.45) is 0 Å². The number of hydrogen-bond donors (Lipinski definition) is 1. The van der Waals surface area contributed by atoms with Crippen molar-refractivity contribution in [3.63, 3.8) is 0 Å². The smallest absolute Gasteiger partial charge is 0.164 e. The lowest BCUT2D eigenvalue weighted by molar-refractivity contribution is 0.0554. The molecule has 3 nitrogen and oxygen atoms in total. The van der Waals surface area contributed by atoms with E-state index in [-0.39, 0.29) is 11.8 Å². The Morgan fingerprint density at radius 2 is 2.06 bits per heavy atom. The molecule has 2 rings (SSSR count). The Kier molecular flexibility index (Phi) is 4.64. The second-order valence-corrected chi connectivity index (χ2v) is 4.86. The highest BCUT2D eigenvalue weighted by atomic mass is 32.1. The molecule has 0 bridgehead atoms. The summed E-state index contributed by atoms with van der Waals surface area (Å²) in [5.74, 6) is 0.110. The van der Waals surface area contributed by atoms with Crippen LogP contribution in [0.4, 0.5) is 0 Å². The standard InChI is InChI=1S/C14H15NO2S/c1-17-15-12(14-8-5-9-18-14)10-13(16)11-6-3-2-4-7-11/h2-9,12,15H,10H2,1H3/t12-/m0/s1. The van der Waals surface area contributed by atoms with Gasteiger partial charge in [-0.3, -0.25) is 4.79 Å². The predicted molar refractivity (Wildman–Crippen MR) is 72.6 cm³/mol. The Morgan fingerprint density at radius 3 is 2.67 bits per heavy atom. The lowest BCUT2D eigenvalue weighted by Crippen LogP contribution is -2.22. The quantitative estimate of drug-likeness (QED) is 0.641. The minimum absolute atomic E-state index is 0.0947. The van der Waals surface area contributed by atoms with Gasteiger partial charge in [-0.2, -0.15) is 5.48 Å². The minimum atomic E-state index is -0.0947. The molecule has 1 aromatic carbocycles. The van der Waals surface area contributed by atoms with Crippen molar-refractivity contribution in [2.45, 2.75) is 12.5 Å². The summed E-state index contributed by atoms with van der Waals surface area (Å²) in [6.07, 6.45) is 0.387. The highest BCUT2D eigenvalue weighted by molar-refractivity contribution is 7.10. The van der Waals surface area contributed by atoms with Crippen LogP contribution in [0, 0.1) is 0 Å². The lowest BCUT2D eigenvalue weighted by atomic mass is 10.0. The fourth-order valence-corrected chi connectivity index (χ4v) is 2.53. The van der Waals surface area contributed by atoms with Crippen LogP contribution in [0.1, 0.15) is 27.7 Å². The van der Waals surface area contributed by atoms with E-state index < -0.39 is 0 Å². The maximum absolute atomic E-state index is 12.1. The normalized spacial score (nSPS) is 12.3. The molecule has 0 saturated heterocycles. The summed E-state index contributed by atoms with van der Waals surface area (Å²) >= 11 is 1.61. The lowest BCUT2D eigenvalue weighted by Gasteiger charge is -2.14. The van der Waals surface area contributed by atoms with Gasteiger partial charge in [-0.15, -0.1) is 11.3 Å². The molecule has 0 unspecified atom stereocenters. The summed E-state index contributed by atoms with van der Waals surface area (Å²) < 4.78 is 0. The van der Waals surface area contributed by atoms with Gasteiger partial charge in [0.25, 0.3) is 0 Å². The van der Waals surface area contributed by atoms with Crippen molar-refractivity contribution < 1.29 is 9.63 Å². The van der Waals surface area contributed by atoms with Crippen LogP contribution in [0.3, 0.4) is 0 Å². The summed E-state index contributed by atoms with van der Waals surface area (Å²) in [5.41, 5.74) is 3.61. The first-order chi connectivity index (χ1) is 8.81. The molecular weight excluding hydrogens is 246 g/mol. The molecule has 1 heterocycles. The number of hydrogen-bond acceptors (Lipinski definition) is 4. The second kappa shape index (κ2) is 6.44. The van der Waals surface area contributed by atoms with E-state index in [1.165, 1.54) is 0 Å². The van der Waals surface area contributed by atoms with Crippen LogP contribution in [0.2, 0.25) is 0 Å². The molecule has 4 heteroatoms. The fourth-order valence-electron chi connectivity index (χ4n) is 1.76. The molecule has 0 aliphatic heterocycles. The van der Waals surface area contributed by atoms with Gasteiger partial charge in [0, 0.05) is 16.9 Å². The molecule has 0 radical (unpaired) electrons. The molecule has 0 saturated carbocycles. The van der Waals surface area contributed by atoms with Gasteiger partial charge in [-0.1, -0.05) is 36.4 Å². The predicted octanol–water partition coefficient (Wildman–Crippen LogP) is 3.21. The van der Waals surface area contributed by atoms with Gasteiger partial charge in [-0.25, -0.2) is 0 Å². The van der Waals surface area contributed by atoms with Crippen molar-refractivity contribution in [3.05, 3.63) is 58.3 Å². The van der Waals surface area contributed by atoms with Crippen LogP contribution in [0.5, 0.6) is 0 Å². The molecule has 94 valence electrons. The summed E-state index contributed by atoms with van der Waals surface area (Å²) in [7, 11) is 1.56. The molecule has 1 aromatic heterocycles. The van der Waals surface area contributed by atoms with Gasteiger partial charge < -0.3 is 4.84 Å². The van der Waals surface area contributed by atoms with Gasteiger partial charge in [0.15, 0.2) is 5.78 Å². The summed E-state index contributed by atoms with van der Waals surface area (Å²) in [6, 6.07) is 13.2. The SMILES string of the molecule is CON[C@@H](CC(=O)c1ccccc1)c1cccs1. The average Bonchev–Trinajstić information content (AvgIpc) is 2.93. The summed E-state index contributed by atoms with van der Waals surface area (Å²) in [4.78, 5) is 18.2. The minimum Gasteiger partial charge on any atom is -0.304 e. The maximum Gasteiger partial charge on any atom is 0.164 e. The number of benzene rings is 1. The third kappa shape index (κ3) is 3.26. The molecule has 18 heavy (non-hydrogen) atoms. The Labute approximate surface area is 110 Å². The van der Waals surface area contributed by atoms with E-state index in [1.54, 1.807) is 18.4 Å². The molecule has 2 aromatic rings. The first-order valence-electron chi connectivity index (χ1n) is 5.71. The number of rotatable bonds is 6. The number of thiophene rings is 1. The number of carbonyl (C=O) groups is 1. The third-order valence-corrected chi connectivity index (χ3v) is 3.62. The Bertz CT molecular complexity index is 482. The monoisotopic (exact) mass is 261 g/mol. The van der Waals surface area contributed by atoms with E-state index in [1.807, 2.05) is 47.8 Å². The number of carbonyl (C=O) groups excluding carboxylic acids is 1. The van der Waals surface area contributed by atoms with Crippen molar-refractivity contribution in [2.75, 3.05) is 7.11 Å². The van der Waals surface area contributed by atoms with E-state index in [0.717, 1.165) is 10.4 Å². The van der Waals surface area contributed by atoms with E-state index >= 15 is 0 Å². The largest absolute Gasteiger partial charge is 0.304 e. The van der Waals surface area contributed by atoms with Crippen molar-refractivity contribution in [3.8, 4) is 0 Å². The summed E-state index contributed by atoms with van der Waals surface area (Å²) in [6.45, 7) is 0. The number of ketones is 1. The molecule has 1 N–H and O–H groups in total.